The summed E-state index contributed by atoms with van der Waals surface area (Å²) < 4.78 is 1.39. The fraction of sp³-hybridized carbons (Fsp3) is 0.409. The summed E-state index contributed by atoms with van der Waals surface area (Å²) in [5.41, 5.74) is 3.79. The van der Waals surface area contributed by atoms with Crippen LogP contribution >= 0.6 is 11.3 Å². The molecule has 2 heterocycles. The molecular weight excluding hydrogens is 370 g/mol. The largest absolute Gasteiger partial charge is 0.348 e. The van der Waals surface area contributed by atoms with Gasteiger partial charge in [0.2, 0.25) is 5.91 Å². The molecule has 3 aromatic rings. The van der Waals surface area contributed by atoms with Crippen LogP contribution < -0.4 is 10.9 Å². The number of nitrogens with one attached hydrogen (secondary N) is 1. The minimum Gasteiger partial charge on any atom is -0.348 e. The number of aromatic nitrogens is 2. The van der Waals surface area contributed by atoms with Gasteiger partial charge in [-0.1, -0.05) is 25.1 Å². The molecule has 5 nitrogen and oxygen atoms in total. The Morgan fingerprint density at radius 3 is 2.82 bits per heavy atom. The maximum absolute atomic E-state index is 12.7. The number of nitrogens with zero attached hydrogens (tertiary/aromatic N) is 2. The van der Waals surface area contributed by atoms with Crippen molar-refractivity contribution in [3.63, 3.8) is 0 Å². The molecule has 0 radical (unpaired) electrons. The molecule has 1 unspecified atom stereocenters. The lowest BCUT2D eigenvalue weighted by Crippen LogP contribution is -2.33. The zero-order valence-electron chi connectivity index (χ0n) is 16.3. The molecule has 146 valence electrons. The molecular formula is C22H25N3O2S. The van der Waals surface area contributed by atoms with Crippen molar-refractivity contribution in [2.24, 2.45) is 0 Å². The standard InChI is InChI=1S/C22H25N3O2S/c1-3-18-11-19-21(28-18)23-13-25(22(19)27)12-20(26)24-14(2)16-9-8-15-6-4-5-7-17(15)10-16/h8-11,13-14H,3-7,12H2,1-2H3,(H,24,26). The highest BCUT2D eigenvalue weighted by atomic mass is 32.1. The molecule has 1 atom stereocenters. The van der Waals surface area contributed by atoms with Crippen molar-refractivity contribution in [3.8, 4) is 0 Å². The first-order valence-electron chi connectivity index (χ1n) is 9.94. The zero-order valence-corrected chi connectivity index (χ0v) is 17.1. The van der Waals surface area contributed by atoms with Gasteiger partial charge in [0.25, 0.3) is 5.56 Å². The highest BCUT2D eigenvalue weighted by Crippen LogP contribution is 2.25. The van der Waals surface area contributed by atoms with Crippen molar-refractivity contribution in [3.05, 3.63) is 62.5 Å². The number of hydrogen-bond donors (Lipinski definition) is 1. The predicted octanol–water partition coefficient (Wildman–Crippen LogP) is 3.78. The number of rotatable bonds is 5. The summed E-state index contributed by atoms with van der Waals surface area (Å²) in [6.45, 7) is 4.02. The molecule has 6 heteroatoms. The maximum Gasteiger partial charge on any atom is 0.262 e. The van der Waals surface area contributed by atoms with Crippen LogP contribution in [0.2, 0.25) is 0 Å². The van der Waals surface area contributed by atoms with Crippen LogP contribution in [0.15, 0.2) is 35.4 Å². The van der Waals surface area contributed by atoms with E-state index < -0.39 is 0 Å². The van der Waals surface area contributed by atoms with E-state index >= 15 is 0 Å². The van der Waals surface area contributed by atoms with Gasteiger partial charge in [0.1, 0.15) is 11.4 Å². The lowest BCUT2D eigenvalue weighted by molar-refractivity contribution is -0.122. The van der Waals surface area contributed by atoms with Gasteiger partial charge in [-0.05, 0) is 61.8 Å². The first-order chi connectivity index (χ1) is 13.5. The van der Waals surface area contributed by atoms with Crippen LogP contribution in [0.5, 0.6) is 0 Å². The van der Waals surface area contributed by atoms with Gasteiger partial charge in [-0.25, -0.2) is 4.98 Å². The summed E-state index contributed by atoms with van der Waals surface area (Å²) >= 11 is 1.53. The Hall–Kier alpha value is -2.47. The van der Waals surface area contributed by atoms with E-state index in [4.69, 9.17) is 0 Å². The average Bonchev–Trinajstić information content (AvgIpc) is 3.14. The lowest BCUT2D eigenvalue weighted by atomic mass is 9.89. The number of hydrogen-bond acceptors (Lipinski definition) is 4. The molecule has 1 aromatic carbocycles. The van der Waals surface area contributed by atoms with E-state index in [0.717, 1.165) is 34.5 Å². The topological polar surface area (TPSA) is 64.0 Å². The Morgan fingerprint density at radius 2 is 2.04 bits per heavy atom. The second-order valence-electron chi connectivity index (χ2n) is 7.49. The molecule has 0 aliphatic heterocycles. The molecule has 28 heavy (non-hydrogen) atoms. The molecule has 1 amide bonds. The van der Waals surface area contributed by atoms with Gasteiger partial charge in [-0.2, -0.15) is 0 Å². The highest BCUT2D eigenvalue weighted by Gasteiger charge is 2.15. The zero-order chi connectivity index (χ0) is 19.7. The first kappa shape index (κ1) is 18.9. The third kappa shape index (κ3) is 3.74. The molecule has 1 N–H and O–H groups in total. The van der Waals surface area contributed by atoms with Crippen LogP contribution in [0.3, 0.4) is 0 Å². The molecule has 0 bridgehead atoms. The molecule has 0 fully saturated rings. The summed E-state index contributed by atoms with van der Waals surface area (Å²) in [6, 6.07) is 8.31. The molecule has 0 saturated heterocycles. The number of carbonyl (C=O) groups excluding carboxylic acids is 1. The smallest absolute Gasteiger partial charge is 0.262 e. The Morgan fingerprint density at radius 1 is 1.25 bits per heavy atom. The average molecular weight is 396 g/mol. The van der Waals surface area contributed by atoms with Crippen molar-refractivity contribution in [1.82, 2.24) is 14.9 Å². The van der Waals surface area contributed by atoms with Gasteiger partial charge in [0.15, 0.2) is 0 Å². The summed E-state index contributed by atoms with van der Waals surface area (Å²) in [6.07, 6.45) is 7.11. The third-order valence-electron chi connectivity index (χ3n) is 5.48. The first-order valence-corrected chi connectivity index (χ1v) is 10.8. The van der Waals surface area contributed by atoms with E-state index in [1.165, 1.54) is 46.2 Å². The number of carbonyl (C=O) groups is 1. The fourth-order valence-corrected chi connectivity index (χ4v) is 4.77. The van der Waals surface area contributed by atoms with Gasteiger partial charge in [-0.3, -0.25) is 14.2 Å². The monoisotopic (exact) mass is 395 g/mol. The van der Waals surface area contributed by atoms with Crippen LogP contribution in [-0.2, 0) is 30.6 Å². The van der Waals surface area contributed by atoms with E-state index in [9.17, 15) is 9.59 Å². The van der Waals surface area contributed by atoms with Crippen LogP contribution in [0, 0.1) is 0 Å². The van der Waals surface area contributed by atoms with Crippen LogP contribution in [0.25, 0.3) is 10.2 Å². The molecule has 0 saturated carbocycles. The number of amides is 1. The van der Waals surface area contributed by atoms with Crippen molar-refractivity contribution < 1.29 is 4.79 Å². The second kappa shape index (κ2) is 7.87. The summed E-state index contributed by atoms with van der Waals surface area (Å²) in [4.78, 5) is 31.4. The molecule has 1 aliphatic rings. The van der Waals surface area contributed by atoms with Crippen molar-refractivity contribution in [2.75, 3.05) is 0 Å². The van der Waals surface area contributed by atoms with E-state index in [0.29, 0.717) is 5.39 Å². The quantitative estimate of drug-likeness (QED) is 0.715. The summed E-state index contributed by atoms with van der Waals surface area (Å²) in [7, 11) is 0. The predicted molar refractivity (Wildman–Crippen MR) is 113 cm³/mol. The lowest BCUT2D eigenvalue weighted by Gasteiger charge is -2.20. The molecule has 0 spiro atoms. The van der Waals surface area contributed by atoms with Gasteiger partial charge in [0, 0.05) is 4.88 Å². The van der Waals surface area contributed by atoms with E-state index in [2.05, 4.69) is 35.4 Å². The SMILES string of the molecule is CCc1cc2c(=O)n(CC(=O)NC(C)c3ccc4c(c3)CCCC4)cnc2s1. The van der Waals surface area contributed by atoms with Crippen molar-refractivity contribution >= 4 is 27.5 Å². The van der Waals surface area contributed by atoms with Gasteiger partial charge in [-0.15, -0.1) is 11.3 Å². The third-order valence-corrected chi connectivity index (χ3v) is 6.67. The minimum atomic E-state index is -0.181. The summed E-state index contributed by atoms with van der Waals surface area (Å²) in [5, 5.41) is 3.62. The fourth-order valence-electron chi connectivity index (χ4n) is 3.84. The van der Waals surface area contributed by atoms with Gasteiger partial charge in [0.05, 0.1) is 17.8 Å². The second-order valence-corrected chi connectivity index (χ2v) is 8.60. The van der Waals surface area contributed by atoms with Gasteiger partial charge >= 0.3 is 0 Å². The van der Waals surface area contributed by atoms with Crippen molar-refractivity contribution in [2.45, 2.75) is 58.5 Å². The van der Waals surface area contributed by atoms with Crippen LogP contribution in [0.4, 0.5) is 0 Å². The number of thiophene rings is 1. The highest BCUT2D eigenvalue weighted by molar-refractivity contribution is 7.18. The molecule has 2 aromatic heterocycles. The maximum atomic E-state index is 12.7. The summed E-state index contributed by atoms with van der Waals surface area (Å²) in [5.74, 6) is -0.181. The Bertz CT molecular complexity index is 1080. The van der Waals surface area contributed by atoms with E-state index in [-0.39, 0.29) is 24.1 Å². The van der Waals surface area contributed by atoms with E-state index in [1.807, 2.05) is 13.0 Å². The van der Waals surface area contributed by atoms with Crippen LogP contribution in [-0.4, -0.2) is 15.5 Å². The Balaban J connectivity index is 1.47. The Kier molecular flexibility index (Phi) is 5.31. The van der Waals surface area contributed by atoms with E-state index in [1.54, 1.807) is 0 Å². The molecule has 1 aliphatic carbocycles. The normalized spacial score (nSPS) is 14.6. The number of aryl methyl sites for hydroxylation is 3. The van der Waals surface area contributed by atoms with Crippen molar-refractivity contribution in [1.29, 1.82) is 0 Å². The number of fused-ring (bicyclic) bond motifs is 2. The molecule has 4 rings (SSSR count). The van der Waals surface area contributed by atoms with Crippen LogP contribution in [0.1, 0.15) is 54.3 Å². The van der Waals surface area contributed by atoms with Gasteiger partial charge < -0.3 is 5.32 Å². The number of benzene rings is 1. The Labute approximate surface area is 168 Å². The minimum absolute atomic E-state index is 0.0195.